The van der Waals surface area contributed by atoms with Crippen molar-refractivity contribution < 1.29 is 17.2 Å². The maximum Gasteiger partial charge on any atom is 0.243 e. The summed E-state index contributed by atoms with van der Waals surface area (Å²) in [7, 11) is -4.06. The zero-order valence-electron chi connectivity index (χ0n) is 13.7. The standard InChI is InChI=1S/C18H20F2N2O2S/c19-15-8-9-18(16(20)12-15)25(23,24)21-13-17(22-10-4-5-11-22)14-6-2-1-3-7-14/h1-3,6-9,12,17,21H,4-5,10-11,13H2. The summed E-state index contributed by atoms with van der Waals surface area (Å²) in [6, 6.07) is 12.0. The third-order valence-electron chi connectivity index (χ3n) is 4.42. The predicted octanol–water partition coefficient (Wildman–Crippen LogP) is 3.08. The normalized spacial score (nSPS) is 16.9. The Hall–Kier alpha value is -1.83. The number of sulfonamides is 1. The Balaban J connectivity index is 1.80. The molecule has 0 aliphatic carbocycles. The highest BCUT2D eigenvalue weighted by Crippen LogP contribution is 2.25. The summed E-state index contributed by atoms with van der Waals surface area (Å²) in [6.45, 7) is 1.92. The molecule has 1 aliphatic heterocycles. The summed E-state index contributed by atoms with van der Waals surface area (Å²) >= 11 is 0. The Kier molecular flexibility index (Phi) is 5.46. The van der Waals surface area contributed by atoms with E-state index < -0.39 is 26.6 Å². The molecule has 134 valence electrons. The molecule has 1 unspecified atom stereocenters. The van der Waals surface area contributed by atoms with Crippen LogP contribution in [0.1, 0.15) is 24.4 Å². The van der Waals surface area contributed by atoms with Gasteiger partial charge >= 0.3 is 0 Å². The van der Waals surface area contributed by atoms with Crippen LogP contribution < -0.4 is 4.72 Å². The lowest BCUT2D eigenvalue weighted by Crippen LogP contribution is -2.37. The Morgan fingerprint density at radius 3 is 2.36 bits per heavy atom. The summed E-state index contributed by atoms with van der Waals surface area (Å²) < 4.78 is 54.2. The van der Waals surface area contributed by atoms with Crippen molar-refractivity contribution >= 4 is 10.0 Å². The molecule has 0 spiro atoms. The summed E-state index contributed by atoms with van der Waals surface area (Å²) in [5, 5.41) is 0. The van der Waals surface area contributed by atoms with E-state index in [1.54, 1.807) is 0 Å². The summed E-state index contributed by atoms with van der Waals surface area (Å²) in [5.41, 5.74) is 1.01. The number of rotatable bonds is 6. The lowest BCUT2D eigenvalue weighted by Gasteiger charge is -2.28. The second kappa shape index (κ2) is 7.59. The van der Waals surface area contributed by atoms with Crippen molar-refractivity contribution in [2.24, 2.45) is 0 Å². The van der Waals surface area contributed by atoms with E-state index >= 15 is 0 Å². The van der Waals surface area contributed by atoms with Gasteiger partial charge in [-0.25, -0.2) is 21.9 Å². The molecule has 1 atom stereocenters. The van der Waals surface area contributed by atoms with Gasteiger partial charge in [-0.05, 0) is 43.6 Å². The minimum atomic E-state index is -4.06. The number of hydrogen-bond acceptors (Lipinski definition) is 3. The average molecular weight is 366 g/mol. The van der Waals surface area contributed by atoms with Crippen LogP contribution in [-0.4, -0.2) is 33.0 Å². The third kappa shape index (κ3) is 4.23. The molecule has 7 heteroatoms. The van der Waals surface area contributed by atoms with Gasteiger partial charge in [0.25, 0.3) is 0 Å². The second-order valence-corrected chi connectivity index (χ2v) is 7.83. The summed E-state index contributed by atoms with van der Waals surface area (Å²) in [5.74, 6) is -1.90. The summed E-state index contributed by atoms with van der Waals surface area (Å²) in [4.78, 5) is 1.68. The molecule has 25 heavy (non-hydrogen) atoms. The van der Waals surface area contributed by atoms with Gasteiger partial charge in [0, 0.05) is 18.7 Å². The van der Waals surface area contributed by atoms with Crippen molar-refractivity contribution in [2.75, 3.05) is 19.6 Å². The Bertz CT molecular complexity index is 822. The van der Waals surface area contributed by atoms with E-state index in [1.165, 1.54) is 0 Å². The lowest BCUT2D eigenvalue weighted by atomic mass is 10.1. The quantitative estimate of drug-likeness (QED) is 0.855. The number of hydrogen-bond donors (Lipinski definition) is 1. The van der Waals surface area contributed by atoms with Gasteiger partial charge in [0.15, 0.2) is 0 Å². The highest BCUT2D eigenvalue weighted by Gasteiger charge is 2.26. The number of benzene rings is 2. The van der Waals surface area contributed by atoms with Crippen LogP contribution in [-0.2, 0) is 10.0 Å². The molecular formula is C18H20F2N2O2S. The lowest BCUT2D eigenvalue weighted by molar-refractivity contribution is 0.246. The molecule has 1 heterocycles. The molecule has 1 aliphatic rings. The van der Waals surface area contributed by atoms with Gasteiger partial charge in [-0.1, -0.05) is 30.3 Å². The van der Waals surface area contributed by atoms with Gasteiger partial charge in [-0.15, -0.1) is 0 Å². The van der Waals surface area contributed by atoms with Gasteiger partial charge in [0.1, 0.15) is 16.5 Å². The highest BCUT2D eigenvalue weighted by atomic mass is 32.2. The van der Waals surface area contributed by atoms with Crippen molar-refractivity contribution in [3.05, 3.63) is 65.7 Å². The van der Waals surface area contributed by atoms with Crippen LogP contribution in [0.25, 0.3) is 0 Å². The fraction of sp³-hybridized carbons (Fsp3) is 0.333. The van der Waals surface area contributed by atoms with Crippen LogP contribution in [0.5, 0.6) is 0 Å². The summed E-state index contributed by atoms with van der Waals surface area (Å²) in [6.07, 6.45) is 2.14. The van der Waals surface area contributed by atoms with Gasteiger partial charge in [0.2, 0.25) is 10.0 Å². The molecule has 0 radical (unpaired) electrons. The largest absolute Gasteiger partial charge is 0.295 e. The van der Waals surface area contributed by atoms with Gasteiger partial charge in [0.05, 0.1) is 0 Å². The van der Waals surface area contributed by atoms with Crippen molar-refractivity contribution in [2.45, 2.75) is 23.8 Å². The second-order valence-electron chi connectivity index (χ2n) is 6.10. The van der Waals surface area contributed by atoms with Crippen LogP contribution in [0.15, 0.2) is 53.4 Å². The Morgan fingerprint density at radius 1 is 1.04 bits per heavy atom. The number of halogens is 2. The van der Waals surface area contributed by atoms with Crippen molar-refractivity contribution in [1.29, 1.82) is 0 Å². The van der Waals surface area contributed by atoms with Gasteiger partial charge < -0.3 is 0 Å². The zero-order chi connectivity index (χ0) is 17.9. The third-order valence-corrected chi connectivity index (χ3v) is 5.87. The molecule has 3 rings (SSSR count). The van der Waals surface area contributed by atoms with Gasteiger partial charge in [-0.2, -0.15) is 0 Å². The van der Waals surface area contributed by atoms with Crippen LogP contribution in [0.2, 0.25) is 0 Å². The van der Waals surface area contributed by atoms with Crippen molar-refractivity contribution in [1.82, 2.24) is 9.62 Å². The molecule has 1 saturated heterocycles. The SMILES string of the molecule is O=S(=O)(NCC(c1ccccc1)N1CCCC1)c1ccc(F)cc1F. The highest BCUT2D eigenvalue weighted by molar-refractivity contribution is 7.89. The average Bonchev–Trinajstić information content (AvgIpc) is 3.10. The van der Waals surface area contributed by atoms with E-state index in [9.17, 15) is 17.2 Å². The molecule has 2 aromatic carbocycles. The molecule has 0 amide bonds. The van der Waals surface area contributed by atoms with E-state index in [1.807, 2.05) is 30.3 Å². The topological polar surface area (TPSA) is 49.4 Å². The molecule has 1 fully saturated rings. The fourth-order valence-electron chi connectivity index (χ4n) is 3.15. The first kappa shape index (κ1) is 18.0. The van der Waals surface area contributed by atoms with Crippen molar-refractivity contribution in [3.8, 4) is 0 Å². The first-order valence-electron chi connectivity index (χ1n) is 8.21. The fourth-order valence-corrected chi connectivity index (χ4v) is 4.24. The molecule has 0 aromatic heterocycles. The Morgan fingerprint density at radius 2 is 1.72 bits per heavy atom. The number of nitrogens with one attached hydrogen (secondary N) is 1. The van der Waals surface area contributed by atoms with E-state index in [4.69, 9.17) is 0 Å². The molecule has 4 nitrogen and oxygen atoms in total. The molecule has 0 saturated carbocycles. The smallest absolute Gasteiger partial charge is 0.243 e. The maximum absolute atomic E-state index is 13.8. The Labute approximate surface area is 146 Å². The monoisotopic (exact) mass is 366 g/mol. The molecule has 2 aromatic rings. The first-order valence-corrected chi connectivity index (χ1v) is 9.69. The van der Waals surface area contributed by atoms with Crippen LogP contribution in [0.4, 0.5) is 8.78 Å². The van der Waals surface area contributed by atoms with E-state index in [2.05, 4.69) is 9.62 Å². The van der Waals surface area contributed by atoms with Crippen molar-refractivity contribution in [3.63, 3.8) is 0 Å². The molecule has 0 bridgehead atoms. The maximum atomic E-state index is 13.8. The van der Waals surface area contributed by atoms with E-state index in [-0.39, 0.29) is 12.6 Å². The molecule has 1 N–H and O–H groups in total. The predicted molar refractivity (Wildman–Crippen MR) is 91.5 cm³/mol. The minimum Gasteiger partial charge on any atom is -0.295 e. The van der Waals surface area contributed by atoms with Crippen LogP contribution in [0, 0.1) is 11.6 Å². The minimum absolute atomic E-state index is 0.123. The van der Waals surface area contributed by atoms with E-state index in [0.29, 0.717) is 6.07 Å². The first-order chi connectivity index (χ1) is 12.0. The molecular weight excluding hydrogens is 346 g/mol. The van der Waals surface area contributed by atoms with E-state index in [0.717, 1.165) is 43.6 Å². The van der Waals surface area contributed by atoms with Crippen LogP contribution >= 0.6 is 0 Å². The van der Waals surface area contributed by atoms with Crippen LogP contribution in [0.3, 0.4) is 0 Å². The van der Waals surface area contributed by atoms with Gasteiger partial charge in [-0.3, -0.25) is 4.90 Å². The zero-order valence-corrected chi connectivity index (χ0v) is 14.5. The number of likely N-dealkylation sites (tertiary alicyclic amines) is 1. The number of nitrogens with zero attached hydrogens (tertiary/aromatic N) is 1.